The zero-order valence-electron chi connectivity index (χ0n) is 50.9. The molecule has 0 saturated heterocycles. The molecule has 0 radical (unpaired) electrons. The van der Waals surface area contributed by atoms with Crippen LogP contribution in [0.15, 0.2) is 0 Å². The topological polar surface area (TPSA) is 340 Å². The van der Waals surface area contributed by atoms with E-state index in [-0.39, 0.29) is 70.5 Å². The number of ketones is 4. The Balaban J connectivity index is -0.000000316. The van der Waals surface area contributed by atoms with E-state index in [1.54, 1.807) is 0 Å². The molecule has 0 fully saturated rings. The second-order valence-corrected chi connectivity index (χ2v) is 28.0. The van der Waals surface area contributed by atoms with Gasteiger partial charge < -0.3 is 92.7 Å². The van der Waals surface area contributed by atoms with Crippen LogP contribution >= 0.6 is 0 Å². The van der Waals surface area contributed by atoms with Crippen molar-refractivity contribution in [3.63, 3.8) is 0 Å². The third kappa shape index (κ3) is 50.7. The molecule has 29 heteroatoms. The van der Waals surface area contributed by atoms with Gasteiger partial charge in [0.1, 0.15) is 23.1 Å². The van der Waals surface area contributed by atoms with Crippen LogP contribution in [0.4, 0.5) is 0 Å². The van der Waals surface area contributed by atoms with Gasteiger partial charge in [-0.05, 0) is 134 Å². The molecule has 0 N–H and O–H groups in total. The molecular formula is C52H100O24Si4Ti. The molecule has 0 unspecified atom stereocenters. The minimum atomic E-state index is -2.64. The molecule has 0 aromatic carbocycles. The zero-order chi connectivity index (χ0) is 61.7. The van der Waals surface area contributed by atoms with Gasteiger partial charge in [0, 0.05) is 179 Å². The van der Waals surface area contributed by atoms with Crippen LogP contribution in [-0.2, 0) is 113 Å². The Bertz CT molecular complexity index is 1350. The Labute approximate surface area is 502 Å². The Hall–Kier alpha value is -2.34. The van der Waals surface area contributed by atoms with E-state index in [1.807, 2.05) is 83.1 Å². The van der Waals surface area contributed by atoms with E-state index in [4.69, 9.17) is 53.1 Å². The van der Waals surface area contributed by atoms with Gasteiger partial charge in [-0.3, -0.25) is 19.2 Å². The number of rotatable bonds is 52. The number of carbonyl (C=O) groups excluding carboxylic acids is 8. The smallest absolute Gasteiger partial charge is 0.550 e. The molecular weight excluding hydrogens is 1170 g/mol. The number of unbranched alkanes of at least 4 members (excludes halogenated alkanes) is 4. The van der Waals surface area contributed by atoms with Gasteiger partial charge in [-0.1, -0.05) is 0 Å². The Morgan fingerprint density at radius 2 is 0.370 bits per heavy atom. The van der Waals surface area contributed by atoms with Crippen LogP contribution in [-0.4, -0.2) is 162 Å². The van der Waals surface area contributed by atoms with Crippen molar-refractivity contribution < 1.29 is 134 Å². The minimum Gasteiger partial charge on any atom is -0.550 e. The summed E-state index contributed by atoms with van der Waals surface area (Å²) in [5.74, 6) is -6.51. The number of carbonyl (C=O) groups is 8. The molecule has 0 saturated carbocycles. The van der Waals surface area contributed by atoms with Crippen LogP contribution in [0, 0.1) is 0 Å². The molecule has 472 valence electrons. The van der Waals surface area contributed by atoms with Crippen LogP contribution < -0.4 is 20.4 Å². The predicted octanol–water partition coefficient (Wildman–Crippen LogP) is 3.65. The van der Waals surface area contributed by atoms with Gasteiger partial charge in [0.05, 0.1) is 0 Å². The average Bonchev–Trinajstić information content (AvgIpc) is 3.35. The Kier molecular flexibility index (Phi) is 61.3. The third-order valence-electron chi connectivity index (χ3n) is 10.5. The van der Waals surface area contributed by atoms with Gasteiger partial charge in [-0.2, -0.15) is 0 Å². The summed E-state index contributed by atoms with van der Waals surface area (Å²) in [6.07, 6.45) is 4.19. The maximum absolute atomic E-state index is 11.3. The molecule has 0 heterocycles. The molecule has 0 bridgehead atoms. The largest absolute Gasteiger partial charge is 4.00 e. The van der Waals surface area contributed by atoms with Crippen LogP contribution in [0.25, 0.3) is 0 Å². The van der Waals surface area contributed by atoms with Crippen molar-refractivity contribution in [2.75, 3.05) is 79.3 Å². The number of aliphatic carboxylic acids is 4. The molecule has 24 nitrogen and oxygen atoms in total. The molecule has 0 aliphatic heterocycles. The summed E-state index contributed by atoms with van der Waals surface area (Å²) in [7, 11) is -10.6. The zero-order valence-corrected chi connectivity index (χ0v) is 56.5. The number of carboxylic acid groups (broad SMARTS) is 4. The molecule has 0 aliphatic carbocycles. The van der Waals surface area contributed by atoms with Crippen molar-refractivity contribution >= 4 is 82.2 Å². The molecule has 0 rings (SSSR count). The van der Waals surface area contributed by atoms with Crippen molar-refractivity contribution in [2.45, 2.75) is 210 Å². The van der Waals surface area contributed by atoms with Gasteiger partial charge in [-0.15, -0.1) is 0 Å². The quantitative estimate of drug-likeness (QED) is 0.0476. The Morgan fingerprint density at radius 3 is 0.469 bits per heavy atom. The van der Waals surface area contributed by atoms with E-state index in [9.17, 15) is 58.8 Å². The Morgan fingerprint density at radius 1 is 0.247 bits per heavy atom. The molecule has 0 aliphatic rings. The van der Waals surface area contributed by atoms with E-state index in [2.05, 4.69) is 0 Å². The SMILES string of the molecule is CCO[Si](CCCCC(=O)CC(=O)[O-])(OCC)OCC.CCO[Si](CCCCC(=O)CC(=O)[O-])(OCC)OCC.CCO[Si](CCCCC(=O)CC(=O)[O-])(OCC)OCC.CCO[Si](CCCCC(=O)CC(=O)[O-])(OCC)OCC.[Ti+4]. The van der Waals surface area contributed by atoms with Crippen molar-refractivity contribution in [1.29, 1.82) is 0 Å². The second kappa shape index (κ2) is 56.8. The fraction of sp³-hybridized carbons (Fsp3) is 0.846. The normalized spacial score (nSPS) is 11.4. The molecule has 81 heavy (non-hydrogen) atoms. The standard InChI is InChI=1S/4C13H26O6Si.Ti/c4*1-4-17-20(18-5-2,19-6-3)10-8-7-9-12(14)11-13(15)16;/h4*4-11H2,1-3H3,(H,15,16);/q;;;;+4/p-4. The summed E-state index contributed by atoms with van der Waals surface area (Å²) in [5.41, 5.74) is 0. The van der Waals surface area contributed by atoms with Crippen LogP contribution in [0.2, 0.25) is 24.2 Å². The first-order valence-electron chi connectivity index (χ1n) is 28.5. The average molecular weight is 1270 g/mol. The monoisotopic (exact) mass is 1270 g/mol. The predicted molar refractivity (Wildman–Crippen MR) is 296 cm³/mol. The maximum Gasteiger partial charge on any atom is 4.00 e. The molecule has 0 amide bonds. The van der Waals surface area contributed by atoms with E-state index in [0.717, 1.165) is 0 Å². The summed E-state index contributed by atoms with van der Waals surface area (Å²) in [6.45, 7) is 29.0. The van der Waals surface area contributed by atoms with E-state index in [1.165, 1.54) is 0 Å². The molecule has 0 aromatic heterocycles. The number of hydrogen-bond donors (Lipinski definition) is 0. The molecule has 0 spiro atoms. The van der Waals surface area contributed by atoms with E-state index >= 15 is 0 Å². The van der Waals surface area contributed by atoms with Gasteiger partial charge in [-0.25, -0.2) is 0 Å². The van der Waals surface area contributed by atoms with Crippen LogP contribution in [0.5, 0.6) is 0 Å². The minimum absolute atomic E-state index is 0. The molecule has 0 atom stereocenters. The van der Waals surface area contributed by atoms with E-state index < -0.39 is 84.8 Å². The van der Waals surface area contributed by atoms with E-state index in [0.29, 0.717) is 155 Å². The first-order valence-corrected chi connectivity index (χ1v) is 36.2. The summed E-state index contributed by atoms with van der Waals surface area (Å²) >= 11 is 0. The van der Waals surface area contributed by atoms with Gasteiger partial charge in [0.2, 0.25) is 0 Å². The van der Waals surface area contributed by atoms with Crippen molar-refractivity contribution in [3.8, 4) is 0 Å². The summed E-state index contributed by atoms with van der Waals surface area (Å²) in [6, 6.07) is 2.56. The fourth-order valence-electron chi connectivity index (χ4n) is 7.66. The van der Waals surface area contributed by atoms with Crippen LogP contribution in [0.1, 0.15) is 186 Å². The van der Waals surface area contributed by atoms with Crippen molar-refractivity contribution in [1.82, 2.24) is 0 Å². The second-order valence-electron chi connectivity index (χ2n) is 17.1. The first-order chi connectivity index (χ1) is 38.0. The van der Waals surface area contributed by atoms with Gasteiger partial charge in [0.15, 0.2) is 0 Å². The van der Waals surface area contributed by atoms with Crippen molar-refractivity contribution in [2.24, 2.45) is 0 Å². The summed E-state index contributed by atoms with van der Waals surface area (Å²) in [5, 5.41) is 41.1. The summed E-state index contributed by atoms with van der Waals surface area (Å²) < 4.78 is 68.2. The first kappa shape index (κ1) is 87.4. The van der Waals surface area contributed by atoms with Gasteiger partial charge in [0.25, 0.3) is 0 Å². The number of hydrogen-bond acceptors (Lipinski definition) is 24. The van der Waals surface area contributed by atoms with Crippen LogP contribution in [0.3, 0.4) is 0 Å². The molecule has 0 aromatic rings. The fourth-order valence-corrected chi connectivity index (χ4v) is 18.4. The number of carboxylic acids is 4. The number of Topliss-reactive ketones (excluding diaryl/α,β-unsaturated/α-hetero) is 4. The van der Waals surface area contributed by atoms with Crippen molar-refractivity contribution in [3.05, 3.63) is 0 Å². The summed E-state index contributed by atoms with van der Waals surface area (Å²) in [4.78, 5) is 86.1. The third-order valence-corrected chi connectivity index (χ3v) is 23.1. The maximum atomic E-state index is 11.3. The van der Waals surface area contributed by atoms with Gasteiger partial charge >= 0.3 is 56.9 Å².